The summed E-state index contributed by atoms with van der Waals surface area (Å²) in [6.07, 6.45) is 0.667. The van der Waals surface area contributed by atoms with Gasteiger partial charge in [-0.2, -0.15) is 0 Å². The van der Waals surface area contributed by atoms with E-state index in [-0.39, 0.29) is 5.92 Å². The SMILES string of the molecule is O=S(=O)(Cl)C(Cl)C1CCOC1. The van der Waals surface area contributed by atoms with Crippen molar-refractivity contribution < 1.29 is 13.2 Å². The van der Waals surface area contributed by atoms with E-state index in [0.717, 1.165) is 0 Å². The molecule has 0 aromatic carbocycles. The predicted octanol–water partition coefficient (Wildman–Crippen LogP) is 1.16. The zero-order valence-electron chi connectivity index (χ0n) is 5.66. The maximum absolute atomic E-state index is 10.7. The van der Waals surface area contributed by atoms with Crippen LogP contribution in [0.15, 0.2) is 0 Å². The molecule has 3 nitrogen and oxygen atoms in total. The first kappa shape index (κ1) is 9.58. The molecule has 0 amide bonds. The zero-order valence-corrected chi connectivity index (χ0v) is 7.99. The van der Waals surface area contributed by atoms with E-state index >= 15 is 0 Å². The molecule has 66 valence electrons. The fraction of sp³-hybridized carbons (Fsp3) is 1.00. The Balaban J connectivity index is 2.60. The molecule has 0 radical (unpaired) electrons. The van der Waals surface area contributed by atoms with E-state index in [0.29, 0.717) is 19.6 Å². The highest BCUT2D eigenvalue weighted by Gasteiger charge is 2.32. The Bertz CT molecular complexity index is 220. The molecule has 0 N–H and O–H groups in total. The largest absolute Gasteiger partial charge is 0.381 e. The van der Waals surface area contributed by atoms with Gasteiger partial charge in [0, 0.05) is 23.2 Å². The molecule has 1 aliphatic heterocycles. The Morgan fingerprint density at radius 3 is 2.55 bits per heavy atom. The molecule has 0 spiro atoms. The molecule has 1 aliphatic rings. The molecule has 0 bridgehead atoms. The lowest BCUT2D eigenvalue weighted by Gasteiger charge is -2.10. The lowest BCUT2D eigenvalue weighted by Crippen LogP contribution is -2.20. The number of ether oxygens (including phenoxy) is 1. The van der Waals surface area contributed by atoms with Crippen LogP contribution in [0.3, 0.4) is 0 Å². The topological polar surface area (TPSA) is 43.4 Å². The summed E-state index contributed by atoms with van der Waals surface area (Å²) in [6.45, 7) is 0.959. The van der Waals surface area contributed by atoms with Crippen LogP contribution >= 0.6 is 22.3 Å². The van der Waals surface area contributed by atoms with Crippen LogP contribution in [0.2, 0.25) is 0 Å². The fourth-order valence-electron chi connectivity index (χ4n) is 0.989. The molecule has 0 aliphatic carbocycles. The second-order valence-electron chi connectivity index (χ2n) is 2.45. The van der Waals surface area contributed by atoms with Crippen molar-refractivity contribution in [3.8, 4) is 0 Å². The summed E-state index contributed by atoms with van der Waals surface area (Å²) < 4.78 is 25.4. The number of alkyl halides is 1. The molecule has 11 heavy (non-hydrogen) atoms. The van der Waals surface area contributed by atoms with Crippen molar-refractivity contribution in [2.24, 2.45) is 5.92 Å². The van der Waals surface area contributed by atoms with Gasteiger partial charge in [0.1, 0.15) is 0 Å². The van der Waals surface area contributed by atoms with Crippen LogP contribution in [-0.4, -0.2) is 26.3 Å². The van der Waals surface area contributed by atoms with Crippen LogP contribution in [0.5, 0.6) is 0 Å². The maximum Gasteiger partial charge on any atom is 0.249 e. The van der Waals surface area contributed by atoms with E-state index in [4.69, 9.17) is 27.0 Å². The van der Waals surface area contributed by atoms with Gasteiger partial charge >= 0.3 is 0 Å². The van der Waals surface area contributed by atoms with Gasteiger partial charge in [-0.3, -0.25) is 0 Å². The minimum atomic E-state index is -3.63. The molecule has 2 atom stereocenters. The van der Waals surface area contributed by atoms with Crippen molar-refractivity contribution in [2.45, 2.75) is 11.1 Å². The average molecular weight is 219 g/mol. The van der Waals surface area contributed by atoms with Crippen molar-refractivity contribution in [3.63, 3.8) is 0 Å². The van der Waals surface area contributed by atoms with Gasteiger partial charge in [0.2, 0.25) is 9.05 Å². The minimum Gasteiger partial charge on any atom is -0.381 e. The second-order valence-corrected chi connectivity index (χ2v) is 5.93. The standard InChI is InChI=1S/C5H8Cl2O3S/c6-5(11(7,8)9)4-1-2-10-3-4/h4-5H,1-3H2. The van der Waals surface area contributed by atoms with Crippen molar-refractivity contribution in [1.82, 2.24) is 0 Å². The summed E-state index contributed by atoms with van der Waals surface area (Å²) in [5.41, 5.74) is 0. The highest BCUT2D eigenvalue weighted by molar-refractivity contribution is 8.15. The Morgan fingerprint density at radius 1 is 1.55 bits per heavy atom. The second kappa shape index (κ2) is 3.47. The third-order valence-electron chi connectivity index (χ3n) is 1.60. The molecule has 0 aromatic heterocycles. The summed E-state index contributed by atoms with van der Waals surface area (Å²) in [6, 6.07) is 0. The monoisotopic (exact) mass is 218 g/mol. The molecular formula is C5H8Cl2O3S. The van der Waals surface area contributed by atoms with Crippen molar-refractivity contribution in [3.05, 3.63) is 0 Å². The third-order valence-corrected chi connectivity index (χ3v) is 4.44. The molecule has 1 saturated heterocycles. The first-order valence-corrected chi connectivity index (χ1v) is 5.98. The Labute approximate surface area is 75.0 Å². The van der Waals surface area contributed by atoms with Crippen molar-refractivity contribution in [2.75, 3.05) is 13.2 Å². The lowest BCUT2D eigenvalue weighted by atomic mass is 10.2. The highest BCUT2D eigenvalue weighted by Crippen LogP contribution is 2.27. The Kier molecular flexibility index (Phi) is 3.02. The van der Waals surface area contributed by atoms with Gasteiger partial charge in [-0.05, 0) is 6.42 Å². The van der Waals surface area contributed by atoms with E-state index < -0.39 is 13.8 Å². The molecule has 1 heterocycles. The maximum atomic E-state index is 10.7. The summed E-state index contributed by atoms with van der Waals surface area (Å²) in [7, 11) is 1.42. The Hall–Kier alpha value is 0.490. The van der Waals surface area contributed by atoms with E-state index in [1.807, 2.05) is 0 Å². The quantitative estimate of drug-likeness (QED) is 0.517. The van der Waals surface area contributed by atoms with Crippen LogP contribution in [0, 0.1) is 5.92 Å². The van der Waals surface area contributed by atoms with Crippen LogP contribution in [0.4, 0.5) is 0 Å². The molecule has 6 heteroatoms. The predicted molar refractivity (Wildman–Crippen MR) is 43.3 cm³/mol. The van der Waals surface area contributed by atoms with Gasteiger partial charge in [0.25, 0.3) is 0 Å². The fourth-order valence-corrected chi connectivity index (χ4v) is 2.30. The number of hydrogen-bond donors (Lipinski definition) is 0. The first-order chi connectivity index (χ1) is 5.02. The van der Waals surface area contributed by atoms with E-state index in [1.165, 1.54) is 0 Å². The van der Waals surface area contributed by atoms with Crippen LogP contribution in [-0.2, 0) is 13.8 Å². The van der Waals surface area contributed by atoms with Crippen LogP contribution in [0.1, 0.15) is 6.42 Å². The smallest absolute Gasteiger partial charge is 0.249 e. The van der Waals surface area contributed by atoms with Gasteiger partial charge in [0.15, 0.2) is 4.71 Å². The zero-order chi connectivity index (χ0) is 8.48. The molecule has 2 unspecified atom stereocenters. The molecule has 0 aromatic rings. The van der Waals surface area contributed by atoms with Crippen molar-refractivity contribution in [1.29, 1.82) is 0 Å². The lowest BCUT2D eigenvalue weighted by molar-refractivity contribution is 0.187. The van der Waals surface area contributed by atoms with Crippen LogP contribution in [0.25, 0.3) is 0 Å². The summed E-state index contributed by atoms with van der Waals surface area (Å²) in [5, 5.41) is 0. The normalized spacial score (nSPS) is 28.7. The average Bonchev–Trinajstić information content (AvgIpc) is 2.34. The number of halogens is 2. The van der Waals surface area contributed by atoms with Gasteiger partial charge < -0.3 is 4.74 Å². The van der Waals surface area contributed by atoms with Crippen LogP contribution < -0.4 is 0 Å². The summed E-state index contributed by atoms with van der Waals surface area (Å²) in [5.74, 6) is -0.154. The number of hydrogen-bond acceptors (Lipinski definition) is 3. The van der Waals surface area contributed by atoms with Crippen molar-refractivity contribution >= 4 is 31.3 Å². The first-order valence-electron chi connectivity index (χ1n) is 3.17. The van der Waals surface area contributed by atoms with Gasteiger partial charge in [0.05, 0.1) is 6.61 Å². The molecular weight excluding hydrogens is 211 g/mol. The third kappa shape index (κ3) is 2.47. The summed E-state index contributed by atoms with van der Waals surface area (Å²) >= 11 is 5.56. The molecule has 1 rings (SSSR count). The van der Waals surface area contributed by atoms with E-state index in [9.17, 15) is 8.42 Å². The highest BCUT2D eigenvalue weighted by atomic mass is 35.7. The van der Waals surface area contributed by atoms with Gasteiger partial charge in [-0.15, -0.1) is 11.6 Å². The molecule has 1 fully saturated rings. The molecule has 0 saturated carbocycles. The van der Waals surface area contributed by atoms with Gasteiger partial charge in [-0.1, -0.05) is 0 Å². The number of rotatable bonds is 2. The van der Waals surface area contributed by atoms with Gasteiger partial charge in [-0.25, -0.2) is 8.42 Å². The minimum absolute atomic E-state index is 0.154. The van der Waals surface area contributed by atoms with E-state index in [1.54, 1.807) is 0 Å². The Morgan fingerprint density at radius 2 is 2.18 bits per heavy atom. The van der Waals surface area contributed by atoms with E-state index in [2.05, 4.69) is 0 Å². The summed E-state index contributed by atoms with van der Waals surface area (Å²) in [4.78, 5) is 0.